The van der Waals surface area contributed by atoms with Crippen molar-refractivity contribution >= 4 is 34.7 Å². The largest absolute Gasteiger partial charge is 0.346 e. The van der Waals surface area contributed by atoms with E-state index in [4.69, 9.17) is 0 Å². The van der Waals surface area contributed by atoms with Gasteiger partial charge in [-0.2, -0.15) is 5.10 Å². The normalized spacial score (nSPS) is 13.7. The van der Waals surface area contributed by atoms with Gasteiger partial charge in [0.15, 0.2) is 4.34 Å². The zero-order chi connectivity index (χ0) is 20.4. The number of rotatable bonds is 5. The van der Waals surface area contributed by atoms with E-state index in [1.807, 2.05) is 37.4 Å². The van der Waals surface area contributed by atoms with Crippen molar-refractivity contribution in [3.63, 3.8) is 0 Å². The Balaban J connectivity index is 1.43. The summed E-state index contributed by atoms with van der Waals surface area (Å²) >= 11 is 3.23. The zero-order valence-electron chi connectivity index (χ0n) is 16.5. The maximum atomic E-state index is 12.5. The van der Waals surface area contributed by atoms with Crippen LogP contribution in [-0.4, -0.2) is 25.2 Å². The summed E-state index contributed by atoms with van der Waals surface area (Å²) in [5, 5.41) is 9.31. The second kappa shape index (κ2) is 8.54. The first-order chi connectivity index (χ1) is 14.0. The Morgan fingerprint density at radius 3 is 2.90 bits per heavy atom. The molecule has 0 atom stereocenters. The van der Waals surface area contributed by atoms with E-state index in [0.717, 1.165) is 57.7 Å². The number of benzene rings is 1. The Bertz CT molecular complexity index is 1100. The van der Waals surface area contributed by atoms with Gasteiger partial charge in [-0.15, -0.1) is 11.3 Å². The SMILES string of the molecule is Cc1csc(Sc2ccc(NC(=O)Cn3nc4n(c3=O)CCCCC4)c(C)c2)n1. The van der Waals surface area contributed by atoms with Crippen molar-refractivity contribution < 1.29 is 4.79 Å². The fraction of sp³-hybridized carbons (Fsp3) is 0.400. The lowest BCUT2D eigenvalue weighted by atomic mass is 10.2. The Morgan fingerprint density at radius 2 is 2.14 bits per heavy atom. The van der Waals surface area contributed by atoms with Crippen LogP contribution in [0.15, 0.2) is 37.6 Å². The lowest BCUT2D eigenvalue weighted by molar-refractivity contribution is -0.117. The van der Waals surface area contributed by atoms with Crippen LogP contribution in [-0.2, 0) is 24.3 Å². The van der Waals surface area contributed by atoms with Crippen LogP contribution in [0.4, 0.5) is 5.69 Å². The monoisotopic (exact) mass is 429 g/mol. The van der Waals surface area contributed by atoms with E-state index in [1.165, 1.54) is 4.68 Å². The van der Waals surface area contributed by atoms with Gasteiger partial charge >= 0.3 is 5.69 Å². The maximum absolute atomic E-state index is 12.5. The number of carbonyl (C=O) groups excluding carboxylic acids is 1. The van der Waals surface area contributed by atoms with Crippen molar-refractivity contribution in [3.8, 4) is 0 Å². The number of fused-ring (bicyclic) bond motifs is 1. The van der Waals surface area contributed by atoms with Crippen LogP contribution in [0.2, 0.25) is 0 Å². The molecule has 9 heteroatoms. The maximum Gasteiger partial charge on any atom is 0.346 e. The third-order valence-electron chi connectivity index (χ3n) is 4.85. The van der Waals surface area contributed by atoms with Crippen LogP contribution in [0.5, 0.6) is 0 Å². The molecule has 1 aromatic carbocycles. The van der Waals surface area contributed by atoms with Crippen LogP contribution in [0, 0.1) is 13.8 Å². The zero-order valence-corrected chi connectivity index (χ0v) is 18.1. The minimum absolute atomic E-state index is 0.0762. The molecule has 29 heavy (non-hydrogen) atoms. The average Bonchev–Trinajstić information content (AvgIpc) is 3.11. The van der Waals surface area contributed by atoms with Crippen LogP contribution in [0.1, 0.15) is 36.3 Å². The summed E-state index contributed by atoms with van der Waals surface area (Å²) in [7, 11) is 0. The number of amides is 1. The third kappa shape index (κ3) is 4.62. The molecule has 0 saturated carbocycles. The minimum atomic E-state index is -0.251. The molecule has 0 radical (unpaired) electrons. The van der Waals surface area contributed by atoms with E-state index in [1.54, 1.807) is 27.7 Å². The second-order valence-electron chi connectivity index (χ2n) is 7.20. The van der Waals surface area contributed by atoms with E-state index in [2.05, 4.69) is 15.4 Å². The summed E-state index contributed by atoms with van der Waals surface area (Å²) in [6.07, 6.45) is 3.92. The number of thiazole rings is 1. The van der Waals surface area contributed by atoms with Gasteiger partial charge in [-0.1, -0.05) is 18.2 Å². The third-order valence-corrected chi connectivity index (χ3v) is 6.90. The molecule has 7 nitrogen and oxygen atoms in total. The number of nitrogens with one attached hydrogen (secondary N) is 1. The highest BCUT2D eigenvalue weighted by Gasteiger charge is 2.17. The number of carbonyl (C=O) groups is 1. The molecule has 1 amide bonds. The van der Waals surface area contributed by atoms with Crippen LogP contribution in [0.3, 0.4) is 0 Å². The molecule has 1 N–H and O–H groups in total. The standard InChI is InChI=1S/C20H23N5O2S2/c1-13-10-15(29-19-21-14(2)12-28-19)7-8-16(13)22-18(26)11-25-20(27)24-9-5-3-4-6-17(24)23-25/h7-8,10,12H,3-6,9,11H2,1-2H3,(H,22,26). The first-order valence-corrected chi connectivity index (χ1v) is 11.4. The summed E-state index contributed by atoms with van der Waals surface area (Å²) in [6, 6.07) is 5.89. The van der Waals surface area contributed by atoms with Gasteiger partial charge in [0.05, 0.1) is 0 Å². The average molecular weight is 430 g/mol. The van der Waals surface area contributed by atoms with Crippen molar-refractivity contribution in [1.29, 1.82) is 0 Å². The van der Waals surface area contributed by atoms with Gasteiger partial charge in [0.2, 0.25) is 5.91 Å². The molecule has 2 aromatic heterocycles. The van der Waals surface area contributed by atoms with Crippen LogP contribution in [0.25, 0.3) is 0 Å². The Kier molecular flexibility index (Phi) is 5.86. The molecule has 0 saturated heterocycles. The number of aromatic nitrogens is 4. The van der Waals surface area contributed by atoms with Gasteiger partial charge in [0.1, 0.15) is 12.4 Å². The lowest BCUT2D eigenvalue weighted by Crippen LogP contribution is -2.30. The molecule has 3 heterocycles. The lowest BCUT2D eigenvalue weighted by Gasteiger charge is -2.09. The quantitative estimate of drug-likeness (QED) is 0.670. The van der Waals surface area contributed by atoms with Gasteiger partial charge < -0.3 is 5.32 Å². The molecule has 3 aromatic rings. The number of hydrogen-bond acceptors (Lipinski definition) is 6. The van der Waals surface area contributed by atoms with Crippen LogP contribution >= 0.6 is 23.1 Å². The van der Waals surface area contributed by atoms with Gasteiger partial charge in [-0.3, -0.25) is 9.36 Å². The second-order valence-corrected chi connectivity index (χ2v) is 9.38. The summed E-state index contributed by atoms with van der Waals surface area (Å²) in [4.78, 5) is 30.6. The molecule has 0 fully saturated rings. The molecule has 0 bridgehead atoms. The van der Waals surface area contributed by atoms with Crippen molar-refractivity contribution in [3.05, 3.63) is 51.1 Å². The predicted molar refractivity (Wildman–Crippen MR) is 115 cm³/mol. The van der Waals surface area contributed by atoms with Gasteiger partial charge in [0, 0.05) is 34.6 Å². The molecule has 1 aliphatic heterocycles. The summed E-state index contributed by atoms with van der Waals surface area (Å²) in [6.45, 7) is 4.55. The highest BCUT2D eigenvalue weighted by atomic mass is 32.2. The summed E-state index contributed by atoms with van der Waals surface area (Å²) in [5.41, 5.74) is 2.53. The van der Waals surface area contributed by atoms with Gasteiger partial charge in [0.25, 0.3) is 0 Å². The van der Waals surface area contributed by atoms with Crippen molar-refractivity contribution in [2.24, 2.45) is 0 Å². The molecule has 0 unspecified atom stereocenters. The molecular weight excluding hydrogens is 406 g/mol. The molecule has 152 valence electrons. The number of nitrogens with zero attached hydrogens (tertiary/aromatic N) is 4. The topological polar surface area (TPSA) is 81.8 Å². The molecule has 4 rings (SSSR count). The fourth-order valence-electron chi connectivity index (χ4n) is 3.37. The Hall–Kier alpha value is -2.39. The smallest absolute Gasteiger partial charge is 0.324 e. The molecule has 0 spiro atoms. The van der Waals surface area contributed by atoms with E-state index in [-0.39, 0.29) is 18.1 Å². The van der Waals surface area contributed by atoms with E-state index < -0.39 is 0 Å². The van der Waals surface area contributed by atoms with E-state index in [0.29, 0.717) is 6.54 Å². The predicted octanol–water partition coefficient (Wildman–Crippen LogP) is 3.63. The minimum Gasteiger partial charge on any atom is -0.324 e. The molecule has 1 aliphatic rings. The first kappa shape index (κ1) is 19.9. The fourth-order valence-corrected chi connectivity index (χ4v) is 5.28. The van der Waals surface area contributed by atoms with Crippen molar-refractivity contribution in [2.45, 2.75) is 61.9 Å². The number of aryl methyl sites for hydroxylation is 3. The van der Waals surface area contributed by atoms with Crippen molar-refractivity contribution in [1.82, 2.24) is 19.3 Å². The van der Waals surface area contributed by atoms with Crippen molar-refractivity contribution in [2.75, 3.05) is 5.32 Å². The van der Waals surface area contributed by atoms with Crippen LogP contribution < -0.4 is 11.0 Å². The summed E-state index contributed by atoms with van der Waals surface area (Å²) in [5.74, 6) is 0.537. The number of hydrogen-bond donors (Lipinski definition) is 1. The molecule has 0 aliphatic carbocycles. The highest BCUT2D eigenvalue weighted by Crippen LogP contribution is 2.32. The molecular formula is C20H23N5O2S2. The summed E-state index contributed by atoms with van der Waals surface area (Å²) < 4.78 is 3.98. The number of anilines is 1. The van der Waals surface area contributed by atoms with E-state index >= 15 is 0 Å². The van der Waals surface area contributed by atoms with Gasteiger partial charge in [-0.05, 0) is 50.5 Å². The Morgan fingerprint density at radius 1 is 1.28 bits per heavy atom. The first-order valence-electron chi connectivity index (χ1n) is 9.66. The van der Waals surface area contributed by atoms with Gasteiger partial charge in [-0.25, -0.2) is 14.5 Å². The van der Waals surface area contributed by atoms with E-state index in [9.17, 15) is 9.59 Å². The highest BCUT2D eigenvalue weighted by molar-refractivity contribution is 8.01. The Labute approximate surface area is 177 Å².